The van der Waals surface area contributed by atoms with Crippen LogP contribution >= 0.6 is 0 Å². The highest BCUT2D eigenvalue weighted by molar-refractivity contribution is 5.92. The quantitative estimate of drug-likeness (QED) is 0.654. The van der Waals surface area contributed by atoms with Gasteiger partial charge in [-0.3, -0.25) is 4.79 Å². The molecule has 0 unspecified atom stereocenters. The van der Waals surface area contributed by atoms with E-state index in [0.717, 1.165) is 5.56 Å². The van der Waals surface area contributed by atoms with E-state index in [-0.39, 0.29) is 17.9 Å². The van der Waals surface area contributed by atoms with E-state index in [2.05, 4.69) is 10.1 Å². The Labute approximate surface area is 107 Å². The van der Waals surface area contributed by atoms with Crippen LogP contribution in [0, 0.1) is 0 Å². The molecule has 1 rings (SSSR count). The van der Waals surface area contributed by atoms with E-state index < -0.39 is 0 Å². The van der Waals surface area contributed by atoms with Gasteiger partial charge in [0.25, 0.3) is 0 Å². The molecule has 96 valence electrons. The van der Waals surface area contributed by atoms with E-state index in [1.54, 1.807) is 30.3 Å². The molecule has 0 aliphatic rings. The van der Waals surface area contributed by atoms with Crippen LogP contribution in [0.3, 0.4) is 0 Å². The van der Waals surface area contributed by atoms with Crippen molar-refractivity contribution >= 4 is 18.0 Å². The Hall–Kier alpha value is -2.10. The lowest BCUT2D eigenvalue weighted by Crippen LogP contribution is -2.28. The van der Waals surface area contributed by atoms with Crippen molar-refractivity contribution in [2.24, 2.45) is 0 Å². The minimum absolute atomic E-state index is 0.115. The molecule has 0 aliphatic carbocycles. The van der Waals surface area contributed by atoms with E-state index in [9.17, 15) is 9.59 Å². The maximum Gasteiger partial charge on any atom is 0.337 e. The molecule has 1 aromatic carbocycles. The Morgan fingerprint density at radius 2 is 1.83 bits per heavy atom. The van der Waals surface area contributed by atoms with Crippen molar-refractivity contribution in [1.82, 2.24) is 5.32 Å². The zero-order valence-corrected chi connectivity index (χ0v) is 10.8. The Morgan fingerprint density at radius 3 is 2.33 bits per heavy atom. The molecular formula is C14H17NO3. The Balaban J connectivity index is 2.66. The lowest BCUT2D eigenvalue weighted by molar-refractivity contribution is -0.116. The summed E-state index contributed by atoms with van der Waals surface area (Å²) in [7, 11) is 1.34. The van der Waals surface area contributed by atoms with Crippen LogP contribution < -0.4 is 5.32 Å². The maximum absolute atomic E-state index is 11.4. The van der Waals surface area contributed by atoms with E-state index in [4.69, 9.17) is 0 Å². The highest BCUT2D eigenvalue weighted by atomic mass is 16.5. The molecule has 1 N–H and O–H groups in total. The standard InChI is InChI=1S/C14H17NO3/c1-10(2)15-13(16)9-6-11-4-7-12(8-5-11)14(17)18-3/h4-10H,1-3H3,(H,15,16)/b9-6+. The molecule has 0 aromatic heterocycles. The van der Waals surface area contributed by atoms with E-state index >= 15 is 0 Å². The van der Waals surface area contributed by atoms with E-state index in [1.807, 2.05) is 13.8 Å². The molecule has 1 aromatic rings. The summed E-state index contributed by atoms with van der Waals surface area (Å²) in [5.74, 6) is -0.509. The lowest BCUT2D eigenvalue weighted by atomic mass is 10.1. The molecule has 0 fully saturated rings. The molecule has 1 amide bonds. The molecular weight excluding hydrogens is 230 g/mol. The lowest BCUT2D eigenvalue weighted by Gasteiger charge is -2.04. The van der Waals surface area contributed by atoms with Gasteiger partial charge in [-0.15, -0.1) is 0 Å². The smallest absolute Gasteiger partial charge is 0.337 e. The predicted octanol–water partition coefficient (Wildman–Crippen LogP) is 2.01. The molecule has 0 bridgehead atoms. The molecule has 0 spiro atoms. The second kappa shape index (κ2) is 6.59. The van der Waals surface area contributed by atoms with Gasteiger partial charge in [0, 0.05) is 12.1 Å². The van der Waals surface area contributed by atoms with Crippen LogP contribution in [0.15, 0.2) is 30.3 Å². The number of amides is 1. The average Bonchev–Trinajstić information content (AvgIpc) is 2.35. The molecule has 4 nitrogen and oxygen atoms in total. The van der Waals surface area contributed by atoms with Crippen LogP contribution in [0.25, 0.3) is 6.08 Å². The maximum atomic E-state index is 11.4. The van der Waals surface area contributed by atoms with Crippen LogP contribution in [-0.2, 0) is 9.53 Å². The number of carbonyl (C=O) groups is 2. The van der Waals surface area contributed by atoms with Crippen LogP contribution in [0.4, 0.5) is 0 Å². The van der Waals surface area contributed by atoms with Gasteiger partial charge in [-0.05, 0) is 37.6 Å². The fourth-order valence-electron chi connectivity index (χ4n) is 1.35. The average molecular weight is 247 g/mol. The van der Waals surface area contributed by atoms with E-state index in [1.165, 1.54) is 13.2 Å². The molecule has 0 radical (unpaired) electrons. The van der Waals surface area contributed by atoms with Crippen molar-refractivity contribution in [2.45, 2.75) is 19.9 Å². The van der Waals surface area contributed by atoms with Gasteiger partial charge in [-0.25, -0.2) is 4.79 Å². The van der Waals surface area contributed by atoms with E-state index in [0.29, 0.717) is 5.56 Å². The first-order valence-electron chi connectivity index (χ1n) is 5.70. The summed E-state index contributed by atoms with van der Waals surface area (Å²) in [6.45, 7) is 3.80. The Morgan fingerprint density at radius 1 is 1.22 bits per heavy atom. The topological polar surface area (TPSA) is 55.4 Å². The van der Waals surface area contributed by atoms with Gasteiger partial charge in [-0.2, -0.15) is 0 Å². The van der Waals surface area contributed by atoms with Crippen molar-refractivity contribution in [3.05, 3.63) is 41.5 Å². The summed E-state index contributed by atoms with van der Waals surface area (Å²) < 4.78 is 4.60. The normalized spacial score (nSPS) is 10.7. The largest absolute Gasteiger partial charge is 0.465 e. The van der Waals surface area contributed by atoms with Crippen molar-refractivity contribution in [2.75, 3.05) is 7.11 Å². The molecule has 0 saturated carbocycles. The Bertz CT molecular complexity index is 447. The summed E-state index contributed by atoms with van der Waals surface area (Å²) >= 11 is 0. The minimum Gasteiger partial charge on any atom is -0.465 e. The first-order valence-corrected chi connectivity index (χ1v) is 5.70. The summed E-state index contributed by atoms with van der Waals surface area (Å²) in [6, 6.07) is 6.94. The van der Waals surface area contributed by atoms with Gasteiger partial charge in [-0.1, -0.05) is 12.1 Å². The van der Waals surface area contributed by atoms with Crippen LogP contribution in [-0.4, -0.2) is 25.0 Å². The second-order valence-corrected chi connectivity index (χ2v) is 4.11. The van der Waals surface area contributed by atoms with Gasteiger partial charge in [0.15, 0.2) is 0 Å². The van der Waals surface area contributed by atoms with Gasteiger partial charge in [0.2, 0.25) is 5.91 Å². The first-order chi connectivity index (χ1) is 8.52. The SMILES string of the molecule is COC(=O)c1ccc(/C=C/C(=O)NC(C)C)cc1. The molecule has 4 heteroatoms. The Kier molecular flexibility index (Phi) is 5.11. The molecule has 18 heavy (non-hydrogen) atoms. The number of hydrogen-bond acceptors (Lipinski definition) is 3. The van der Waals surface area contributed by atoms with Gasteiger partial charge in [0.1, 0.15) is 0 Å². The predicted molar refractivity (Wildman–Crippen MR) is 70.1 cm³/mol. The van der Waals surface area contributed by atoms with Crippen molar-refractivity contribution in [3.63, 3.8) is 0 Å². The summed E-state index contributed by atoms with van der Waals surface area (Å²) in [6.07, 6.45) is 3.16. The van der Waals surface area contributed by atoms with Gasteiger partial charge >= 0.3 is 5.97 Å². The summed E-state index contributed by atoms with van der Waals surface area (Å²) in [5.41, 5.74) is 1.34. The molecule has 0 saturated heterocycles. The molecule has 0 heterocycles. The fourth-order valence-corrected chi connectivity index (χ4v) is 1.35. The highest BCUT2D eigenvalue weighted by Gasteiger charge is 2.03. The number of carbonyl (C=O) groups excluding carboxylic acids is 2. The minimum atomic E-state index is -0.372. The van der Waals surface area contributed by atoms with Crippen molar-refractivity contribution < 1.29 is 14.3 Å². The number of benzene rings is 1. The highest BCUT2D eigenvalue weighted by Crippen LogP contribution is 2.07. The summed E-state index contributed by atoms with van der Waals surface area (Å²) in [4.78, 5) is 22.6. The number of rotatable bonds is 4. The van der Waals surface area contributed by atoms with Gasteiger partial charge < -0.3 is 10.1 Å². The number of nitrogens with one attached hydrogen (secondary N) is 1. The third kappa shape index (κ3) is 4.41. The molecule has 0 aliphatic heterocycles. The van der Waals surface area contributed by atoms with Crippen LogP contribution in [0.1, 0.15) is 29.8 Å². The second-order valence-electron chi connectivity index (χ2n) is 4.11. The zero-order valence-electron chi connectivity index (χ0n) is 10.8. The number of methoxy groups -OCH3 is 1. The van der Waals surface area contributed by atoms with Crippen molar-refractivity contribution in [3.8, 4) is 0 Å². The van der Waals surface area contributed by atoms with Gasteiger partial charge in [0.05, 0.1) is 12.7 Å². The molecule has 0 atom stereocenters. The third-order valence-electron chi connectivity index (χ3n) is 2.19. The fraction of sp³-hybridized carbons (Fsp3) is 0.286. The van der Waals surface area contributed by atoms with Crippen LogP contribution in [0.5, 0.6) is 0 Å². The van der Waals surface area contributed by atoms with Crippen molar-refractivity contribution in [1.29, 1.82) is 0 Å². The number of ether oxygens (including phenoxy) is 1. The number of hydrogen-bond donors (Lipinski definition) is 1. The third-order valence-corrected chi connectivity index (χ3v) is 2.19. The monoisotopic (exact) mass is 247 g/mol. The first kappa shape index (κ1) is 14.0. The number of esters is 1. The zero-order chi connectivity index (χ0) is 13.5. The van der Waals surface area contributed by atoms with Crippen LogP contribution in [0.2, 0.25) is 0 Å². The summed E-state index contributed by atoms with van der Waals surface area (Å²) in [5, 5.41) is 2.75.